The van der Waals surface area contributed by atoms with Gasteiger partial charge in [-0.3, -0.25) is 9.59 Å². The number of halogens is 1. The molecule has 2 amide bonds. The van der Waals surface area contributed by atoms with Gasteiger partial charge in [0.1, 0.15) is 11.8 Å². The number of rotatable bonds is 10. The van der Waals surface area contributed by atoms with E-state index in [2.05, 4.69) is 35.1 Å². The van der Waals surface area contributed by atoms with E-state index in [-0.39, 0.29) is 18.4 Å². The van der Waals surface area contributed by atoms with Crippen LogP contribution in [-0.2, 0) is 16.1 Å². The van der Waals surface area contributed by atoms with E-state index in [0.717, 1.165) is 15.6 Å². The first-order valence-electron chi connectivity index (χ1n) is 11.1. The molecule has 0 saturated carbocycles. The lowest BCUT2D eigenvalue weighted by atomic mass is 10.0. The molecule has 174 valence electrons. The first-order valence-corrected chi connectivity index (χ1v) is 11.9. The highest BCUT2D eigenvalue weighted by atomic mass is 79.9. The summed E-state index contributed by atoms with van der Waals surface area (Å²) in [7, 11) is 0. The summed E-state index contributed by atoms with van der Waals surface area (Å²) in [6.07, 6.45) is 0. The summed E-state index contributed by atoms with van der Waals surface area (Å²) in [5, 5.41) is 2.94. The fourth-order valence-electron chi connectivity index (χ4n) is 3.22. The van der Waals surface area contributed by atoms with E-state index in [9.17, 15) is 9.59 Å². The van der Waals surface area contributed by atoms with Crippen molar-refractivity contribution in [2.75, 3.05) is 13.2 Å². The van der Waals surface area contributed by atoms with E-state index in [1.165, 1.54) is 5.56 Å². The van der Waals surface area contributed by atoms with E-state index >= 15 is 0 Å². The molecule has 0 aromatic heterocycles. The minimum absolute atomic E-state index is 0.146. The van der Waals surface area contributed by atoms with Gasteiger partial charge in [-0.25, -0.2) is 0 Å². The van der Waals surface area contributed by atoms with Crippen LogP contribution in [0, 0.1) is 12.8 Å². The molecule has 32 heavy (non-hydrogen) atoms. The topological polar surface area (TPSA) is 58.6 Å². The van der Waals surface area contributed by atoms with Gasteiger partial charge >= 0.3 is 0 Å². The Kier molecular flexibility index (Phi) is 9.76. The van der Waals surface area contributed by atoms with Crippen molar-refractivity contribution >= 4 is 27.7 Å². The molecule has 0 spiro atoms. The zero-order chi connectivity index (χ0) is 23.8. The molecule has 1 atom stereocenters. The van der Waals surface area contributed by atoms with E-state index < -0.39 is 6.04 Å². The summed E-state index contributed by atoms with van der Waals surface area (Å²) in [6.45, 7) is 12.9. The average molecular weight is 503 g/mol. The van der Waals surface area contributed by atoms with Crippen LogP contribution < -0.4 is 10.1 Å². The summed E-state index contributed by atoms with van der Waals surface area (Å²) in [6, 6.07) is 13.2. The highest BCUT2D eigenvalue weighted by Crippen LogP contribution is 2.29. The lowest BCUT2D eigenvalue weighted by molar-refractivity contribution is -0.142. The fourth-order valence-corrected chi connectivity index (χ4v) is 3.73. The van der Waals surface area contributed by atoms with Crippen LogP contribution in [0.5, 0.6) is 5.75 Å². The quantitative estimate of drug-likeness (QED) is 0.469. The minimum Gasteiger partial charge on any atom is -0.483 e. The number of carbonyl (C=O) groups is 2. The van der Waals surface area contributed by atoms with Gasteiger partial charge in [-0.2, -0.15) is 0 Å². The van der Waals surface area contributed by atoms with Gasteiger partial charge in [0.05, 0.1) is 4.47 Å². The number of hydrogen-bond donors (Lipinski definition) is 1. The molecule has 0 fully saturated rings. The molecule has 2 rings (SSSR count). The Morgan fingerprint density at radius 3 is 2.34 bits per heavy atom. The molecular formula is C26H35BrN2O3. The van der Waals surface area contributed by atoms with Crippen LogP contribution >= 0.6 is 15.9 Å². The van der Waals surface area contributed by atoms with Crippen molar-refractivity contribution in [2.24, 2.45) is 5.92 Å². The van der Waals surface area contributed by atoms with Crippen molar-refractivity contribution in [3.63, 3.8) is 0 Å². The van der Waals surface area contributed by atoms with Crippen molar-refractivity contribution < 1.29 is 14.3 Å². The standard InChI is InChI=1S/C26H35BrN2O3/c1-17(2)14-28-26(31)20(6)29(15-22-10-8-7-9-19(22)5)25(30)16-32-24-12-11-21(18(3)4)13-23(24)27/h7-13,17-18,20H,14-16H2,1-6H3,(H,28,31)/t20-/m0/s1. The highest BCUT2D eigenvalue weighted by molar-refractivity contribution is 9.10. The molecule has 1 N–H and O–H groups in total. The van der Waals surface area contributed by atoms with Crippen LogP contribution in [0.4, 0.5) is 0 Å². The van der Waals surface area contributed by atoms with Crippen LogP contribution in [0.2, 0.25) is 0 Å². The predicted molar refractivity (Wildman–Crippen MR) is 133 cm³/mol. The van der Waals surface area contributed by atoms with Crippen LogP contribution in [0.25, 0.3) is 0 Å². The maximum absolute atomic E-state index is 13.2. The van der Waals surface area contributed by atoms with E-state index in [4.69, 9.17) is 4.74 Å². The lowest BCUT2D eigenvalue weighted by Gasteiger charge is -2.29. The van der Waals surface area contributed by atoms with E-state index in [0.29, 0.717) is 30.7 Å². The molecule has 0 aliphatic carbocycles. The van der Waals surface area contributed by atoms with Crippen molar-refractivity contribution in [2.45, 2.75) is 60.0 Å². The second-order valence-electron chi connectivity index (χ2n) is 8.90. The predicted octanol–water partition coefficient (Wildman–Crippen LogP) is 5.45. The van der Waals surface area contributed by atoms with Gasteiger partial charge in [0.2, 0.25) is 5.91 Å². The molecule has 2 aromatic carbocycles. The zero-order valence-corrected chi connectivity index (χ0v) is 21.5. The Hall–Kier alpha value is -2.34. The van der Waals surface area contributed by atoms with Gasteiger partial charge < -0.3 is 15.0 Å². The first-order chi connectivity index (χ1) is 15.1. The molecule has 0 aliphatic heterocycles. The summed E-state index contributed by atoms with van der Waals surface area (Å²) >= 11 is 3.54. The Morgan fingerprint density at radius 2 is 1.75 bits per heavy atom. The lowest BCUT2D eigenvalue weighted by Crippen LogP contribution is -2.49. The minimum atomic E-state index is -0.615. The number of carbonyl (C=O) groups excluding carboxylic acids is 2. The molecule has 0 unspecified atom stereocenters. The van der Waals surface area contributed by atoms with Crippen molar-refractivity contribution in [1.82, 2.24) is 10.2 Å². The number of amides is 2. The van der Waals surface area contributed by atoms with Gasteiger partial charge in [-0.05, 0) is 70.4 Å². The van der Waals surface area contributed by atoms with Crippen LogP contribution in [-0.4, -0.2) is 35.9 Å². The summed E-state index contributed by atoms with van der Waals surface area (Å²) in [4.78, 5) is 27.5. The molecule has 0 bridgehead atoms. The second-order valence-corrected chi connectivity index (χ2v) is 9.75. The molecule has 2 aromatic rings. The van der Waals surface area contributed by atoms with Gasteiger partial charge in [-0.15, -0.1) is 0 Å². The van der Waals surface area contributed by atoms with Gasteiger partial charge in [0, 0.05) is 13.1 Å². The van der Waals surface area contributed by atoms with Crippen molar-refractivity contribution in [1.29, 1.82) is 0 Å². The molecule has 0 heterocycles. The Labute approximate surface area is 200 Å². The van der Waals surface area contributed by atoms with E-state index in [1.807, 2.05) is 63.2 Å². The molecule has 0 aliphatic rings. The molecule has 5 nitrogen and oxygen atoms in total. The second kappa shape index (κ2) is 12.0. The van der Waals surface area contributed by atoms with Crippen molar-refractivity contribution in [3.05, 3.63) is 63.6 Å². The molecule has 0 saturated heterocycles. The number of nitrogens with one attached hydrogen (secondary N) is 1. The smallest absolute Gasteiger partial charge is 0.261 e. The normalized spacial score (nSPS) is 12.0. The number of nitrogens with zero attached hydrogens (tertiary/aromatic N) is 1. The van der Waals surface area contributed by atoms with E-state index in [1.54, 1.807) is 11.8 Å². The maximum Gasteiger partial charge on any atom is 0.261 e. The summed E-state index contributed by atoms with van der Waals surface area (Å²) < 4.78 is 6.65. The van der Waals surface area contributed by atoms with Gasteiger partial charge in [0.15, 0.2) is 6.61 Å². The highest BCUT2D eigenvalue weighted by Gasteiger charge is 2.27. The number of aryl methyl sites for hydroxylation is 1. The number of ether oxygens (including phenoxy) is 1. The monoisotopic (exact) mass is 502 g/mol. The Bertz CT molecular complexity index is 927. The Balaban J connectivity index is 2.17. The van der Waals surface area contributed by atoms with Crippen LogP contribution in [0.1, 0.15) is 57.2 Å². The first kappa shape index (κ1) is 25.9. The number of hydrogen-bond acceptors (Lipinski definition) is 3. The average Bonchev–Trinajstić information content (AvgIpc) is 2.75. The Morgan fingerprint density at radius 1 is 1.06 bits per heavy atom. The molecule has 6 heteroatoms. The summed E-state index contributed by atoms with van der Waals surface area (Å²) in [5.41, 5.74) is 3.27. The third-order valence-electron chi connectivity index (χ3n) is 5.43. The third-order valence-corrected chi connectivity index (χ3v) is 6.05. The van der Waals surface area contributed by atoms with Gasteiger partial charge in [-0.1, -0.05) is 58.0 Å². The molecular weight excluding hydrogens is 468 g/mol. The largest absolute Gasteiger partial charge is 0.483 e. The van der Waals surface area contributed by atoms with Gasteiger partial charge in [0.25, 0.3) is 5.91 Å². The fraction of sp³-hybridized carbons (Fsp3) is 0.462. The van der Waals surface area contributed by atoms with Crippen molar-refractivity contribution in [3.8, 4) is 5.75 Å². The van der Waals surface area contributed by atoms with Crippen LogP contribution in [0.15, 0.2) is 46.9 Å². The maximum atomic E-state index is 13.2. The zero-order valence-electron chi connectivity index (χ0n) is 19.9. The third kappa shape index (κ3) is 7.37. The SMILES string of the molecule is Cc1ccccc1CN(C(=O)COc1ccc(C(C)C)cc1Br)[C@@H](C)C(=O)NCC(C)C. The van der Waals surface area contributed by atoms with Crippen LogP contribution in [0.3, 0.4) is 0 Å². The number of benzene rings is 2. The summed E-state index contributed by atoms with van der Waals surface area (Å²) in [5.74, 6) is 0.942. The molecule has 0 radical (unpaired) electrons.